The number of nitrogens with two attached hydrogens (primary N) is 1. The Balaban J connectivity index is 2.08. The van der Waals surface area contributed by atoms with Crippen LogP contribution in [0.3, 0.4) is 0 Å². The Morgan fingerprint density at radius 2 is 1.24 bits per heavy atom. The second-order valence-corrected chi connectivity index (χ2v) is 6.02. The Bertz CT molecular complexity index is 904. The maximum Gasteiger partial charge on any atom is 0.269 e. The summed E-state index contributed by atoms with van der Waals surface area (Å²) in [5.41, 5.74) is 1.76. The summed E-state index contributed by atoms with van der Waals surface area (Å²) in [6, 6.07) is 20.5. The number of nitrogens with zero attached hydrogens (tertiary/aromatic N) is 1. The molecule has 1 aliphatic heterocycles. The second kappa shape index (κ2) is 5.36. The van der Waals surface area contributed by atoms with Crippen molar-refractivity contribution in [2.24, 2.45) is 5.84 Å². The summed E-state index contributed by atoms with van der Waals surface area (Å²) in [5, 5.41) is 20.5. The number of hydrogen-bond donors (Lipinski definition) is 3. The number of carbonyl (C=O) groups is 1. The quantitative estimate of drug-likeness (QED) is 0.497. The zero-order valence-corrected chi connectivity index (χ0v) is 13.3. The Morgan fingerprint density at radius 1 is 0.760 bits per heavy atom. The number of fused-ring (bicyclic) bond motifs is 1. The van der Waals surface area contributed by atoms with Crippen molar-refractivity contribution in [3.63, 3.8) is 0 Å². The number of hydrogen-bond acceptors (Lipinski definition) is 4. The highest BCUT2D eigenvalue weighted by Gasteiger charge is 2.51. The van der Waals surface area contributed by atoms with Gasteiger partial charge in [-0.25, -0.2) is 5.84 Å². The topological polar surface area (TPSA) is 86.8 Å². The largest absolute Gasteiger partial charge is 0.508 e. The third-order valence-electron chi connectivity index (χ3n) is 4.70. The van der Waals surface area contributed by atoms with E-state index < -0.39 is 5.54 Å². The van der Waals surface area contributed by atoms with Crippen molar-refractivity contribution >= 4 is 5.91 Å². The molecular weight excluding hydrogens is 316 g/mol. The number of rotatable bonds is 2. The maximum absolute atomic E-state index is 12.8. The molecule has 0 fully saturated rings. The van der Waals surface area contributed by atoms with Gasteiger partial charge in [-0.05, 0) is 41.5 Å². The van der Waals surface area contributed by atoms with Crippen molar-refractivity contribution in [3.8, 4) is 11.5 Å². The van der Waals surface area contributed by atoms with E-state index >= 15 is 0 Å². The van der Waals surface area contributed by atoms with E-state index in [0.717, 1.165) is 16.7 Å². The molecule has 0 aliphatic carbocycles. The summed E-state index contributed by atoms with van der Waals surface area (Å²) in [4.78, 5) is 12.8. The minimum Gasteiger partial charge on any atom is -0.508 e. The normalized spacial score (nSPS) is 15.2. The lowest BCUT2D eigenvalue weighted by Gasteiger charge is -2.37. The minimum absolute atomic E-state index is 0.130. The lowest BCUT2D eigenvalue weighted by atomic mass is 9.77. The molecular formula is C20H16N2O3. The molecule has 25 heavy (non-hydrogen) atoms. The van der Waals surface area contributed by atoms with E-state index in [1.807, 2.05) is 12.1 Å². The number of hydrazine groups is 1. The van der Waals surface area contributed by atoms with Gasteiger partial charge in [-0.15, -0.1) is 0 Å². The van der Waals surface area contributed by atoms with Crippen molar-refractivity contribution in [1.82, 2.24) is 5.01 Å². The highest BCUT2D eigenvalue weighted by atomic mass is 16.3. The maximum atomic E-state index is 12.8. The lowest BCUT2D eigenvalue weighted by molar-refractivity contribution is 0.0677. The second-order valence-electron chi connectivity index (χ2n) is 6.02. The summed E-state index contributed by atoms with van der Waals surface area (Å²) in [5.74, 6) is 6.29. The molecule has 4 N–H and O–H groups in total. The molecule has 0 saturated heterocycles. The Kier molecular flexibility index (Phi) is 3.26. The standard InChI is InChI=1S/C20H16N2O3/c21-22-19(25)17-3-1-2-4-18(17)20(22,13-5-9-15(23)10-6-13)14-7-11-16(24)12-8-14/h1-12,23-24H,21H2. The summed E-state index contributed by atoms with van der Waals surface area (Å²) < 4.78 is 0. The van der Waals surface area contributed by atoms with Crippen LogP contribution in [0.1, 0.15) is 27.0 Å². The van der Waals surface area contributed by atoms with Crippen LogP contribution in [-0.2, 0) is 5.54 Å². The highest BCUT2D eigenvalue weighted by Crippen LogP contribution is 2.47. The predicted octanol–water partition coefficient (Wildman–Crippen LogP) is 2.72. The summed E-state index contributed by atoms with van der Waals surface area (Å²) in [6.07, 6.45) is 0. The molecule has 1 amide bonds. The molecule has 3 aromatic carbocycles. The van der Waals surface area contributed by atoms with Crippen LogP contribution in [0.5, 0.6) is 11.5 Å². The molecule has 0 atom stereocenters. The van der Waals surface area contributed by atoms with Crippen molar-refractivity contribution in [1.29, 1.82) is 0 Å². The Morgan fingerprint density at radius 3 is 1.76 bits per heavy atom. The molecule has 0 saturated carbocycles. The molecule has 5 heteroatoms. The fourth-order valence-electron chi connectivity index (χ4n) is 3.56. The minimum atomic E-state index is -1.03. The molecule has 3 aromatic rings. The van der Waals surface area contributed by atoms with E-state index in [0.29, 0.717) is 5.56 Å². The summed E-state index contributed by atoms with van der Waals surface area (Å²) in [7, 11) is 0. The molecule has 124 valence electrons. The average molecular weight is 332 g/mol. The van der Waals surface area contributed by atoms with Crippen molar-refractivity contribution in [2.75, 3.05) is 0 Å². The van der Waals surface area contributed by atoms with Gasteiger partial charge in [0.05, 0.1) is 0 Å². The number of carbonyl (C=O) groups excluding carboxylic acids is 1. The van der Waals surface area contributed by atoms with Gasteiger partial charge in [0.15, 0.2) is 0 Å². The third-order valence-corrected chi connectivity index (χ3v) is 4.70. The van der Waals surface area contributed by atoms with E-state index in [9.17, 15) is 15.0 Å². The van der Waals surface area contributed by atoms with Crippen molar-refractivity contribution < 1.29 is 15.0 Å². The van der Waals surface area contributed by atoms with Crippen LogP contribution in [0, 0.1) is 0 Å². The van der Waals surface area contributed by atoms with Crippen LogP contribution >= 0.6 is 0 Å². The smallest absolute Gasteiger partial charge is 0.269 e. The first-order valence-corrected chi connectivity index (χ1v) is 7.83. The van der Waals surface area contributed by atoms with Crippen LogP contribution in [0.25, 0.3) is 0 Å². The van der Waals surface area contributed by atoms with Crippen LogP contribution in [-0.4, -0.2) is 21.1 Å². The van der Waals surface area contributed by atoms with Crippen molar-refractivity contribution in [3.05, 3.63) is 95.1 Å². The molecule has 1 aliphatic rings. The first-order chi connectivity index (χ1) is 12.0. The molecule has 5 nitrogen and oxygen atoms in total. The summed E-state index contributed by atoms with van der Waals surface area (Å²) >= 11 is 0. The van der Waals surface area contributed by atoms with E-state index in [1.165, 1.54) is 5.01 Å². The first kappa shape index (κ1) is 15.2. The van der Waals surface area contributed by atoms with E-state index in [-0.39, 0.29) is 17.4 Å². The van der Waals surface area contributed by atoms with Gasteiger partial charge < -0.3 is 10.2 Å². The molecule has 0 aromatic heterocycles. The van der Waals surface area contributed by atoms with Crippen LogP contribution < -0.4 is 5.84 Å². The molecule has 0 unspecified atom stereocenters. The zero-order chi connectivity index (χ0) is 17.6. The SMILES string of the molecule is NN1C(=O)c2ccccc2C1(c1ccc(O)cc1)c1ccc(O)cc1. The monoisotopic (exact) mass is 332 g/mol. The van der Waals surface area contributed by atoms with E-state index in [1.54, 1.807) is 60.7 Å². The lowest BCUT2D eigenvalue weighted by Crippen LogP contribution is -2.50. The fraction of sp³-hybridized carbons (Fsp3) is 0.0500. The van der Waals surface area contributed by atoms with Gasteiger partial charge in [0.1, 0.15) is 17.0 Å². The molecule has 0 radical (unpaired) electrons. The highest BCUT2D eigenvalue weighted by molar-refractivity contribution is 6.01. The van der Waals surface area contributed by atoms with E-state index in [2.05, 4.69) is 0 Å². The van der Waals surface area contributed by atoms with Crippen molar-refractivity contribution in [2.45, 2.75) is 5.54 Å². The fourth-order valence-corrected chi connectivity index (χ4v) is 3.56. The van der Waals surface area contributed by atoms with E-state index in [4.69, 9.17) is 5.84 Å². The van der Waals surface area contributed by atoms with Gasteiger partial charge in [-0.1, -0.05) is 42.5 Å². The molecule has 0 spiro atoms. The van der Waals surface area contributed by atoms with Gasteiger partial charge in [-0.3, -0.25) is 9.80 Å². The average Bonchev–Trinajstić information content (AvgIpc) is 2.86. The number of aromatic hydroxyl groups is 2. The predicted molar refractivity (Wildman–Crippen MR) is 92.9 cm³/mol. The number of benzene rings is 3. The van der Waals surface area contributed by atoms with Gasteiger partial charge in [-0.2, -0.15) is 0 Å². The number of amides is 1. The van der Waals surface area contributed by atoms with Gasteiger partial charge in [0.25, 0.3) is 5.91 Å². The molecule has 1 heterocycles. The molecule has 0 bridgehead atoms. The number of phenols is 2. The Hall–Kier alpha value is -3.31. The van der Waals surface area contributed by atoms with Crippen LogP contribution in [0.2, 0.25) is 0 Å². The van der Waals surface area contributed by atoms with Gasteiger partial charge in [0.2, 0.25) is 0 Å². The van der Waals surface area contributed by atoms with Gasteiger partial charge in [0, 0.05) is 11.1 Å². The Labute approximate surface area is 144 Å². The molecule has 4 rings (SSSR count). The first-order valence-electron chi connectivity index (χ1n) is 7.83. The van der Waals surface area contributed by atoms with Crippen LogP contribution in [0.15, 0.2) is 72.8 Å². The van der Waals surface area contributed by atoms with Gasteiger partial charge >= 0.3 is 0 Å². The zero-order valence-electron chi connectivity index (χ0n) is 13.3. The summed E-state index contributed by atoms with van der Waals surface area (Å²) in [6.45, 7) is 0. The van der Waals surface area contributed by atoms with Crippen LogP contribution in [0.4, 0.5) is 0 Å². The third kappa shape index (κ3) is 2.03. The number of phenolic OH excluding ortho intramolecular Hbond substituents is 2.